The molecule has 0 atom stereocenters. The maximum absolute atomic E-state index is 11.4. The Labute approximate surface area is 274 Å². The van der Waals surface area contributed by atoms with Gasteiger partial charge < -0.3 is 42.2 Å². The summed E-state index contributed by atoms with van der Waals surface area (Å²) in [6.45, 7) is 15.7. The molecule has 0 saturated carbocycles. The third kappa shape index (κ3) is 6.38. The number of nitrogens with zero attached hydrogens (tertiary/aromatic N) is 3. The van der Waals surface area contributed by atoms with Gasteiger partial charge in [-0.25, -0.2) is 15.0 Å². The number of aryl methyl sites for hydroxylation is 3. The summed E-state index contributed by atoms with van der Waals surface area (Å²) >= 11 is 0. The molecule has 3 aromatic rings. The third-order valence-corrected chi connectivity index (χ3v) is 8.02. The minimum absolute atomic E-state index is 0. The van der Waals surface area contributed by atoms with Crippen LogP contribution in [-0.4, -0.2) is 56.6 Å². The number of aliphatic carboxylic acids is 2. The molecule has 2 aliphatic heterocycles. The maximum Gasteiger partial charge on any atom is 3.00 e. The van der Waals surface area contributed by atoms with Crippen LogP contribution in [0.4, 0.5) is 0 Å². The second-order valence-corrected chi connectivity index (χ2v) is 10.5. The van der Waals surface area contributed by atoms with Gasteiger partial charge in [0.25, 0.3) is 0 Å². The van der Waals surface area contributed by atoms with E-state index < -0.39 is 11.9 Å². The van der Waals surface area contributed by atoms with E-state index >= 15 is 0 Å². The average molecular weight is 667 g/mol. The van der Waals surface area contributed by atoms with Crippen LogP contribution < -0.4 is 22.6 Å². The first kappa shape index (κ1) is 34.4. The Morgan fingerprint density at radius 3 is 2.02 bits per heavy atom. The van der Waals surface area contributed by atoms with Gasteiger partial charge in [0.1, 0.15) is 5.65 Å². The summed E-state index contributed by atoms with van der Waals surface area (Å²) in [4.78, 5) is 44.3. The monoisotopic (exact) mass is 665 g/mol. The van der Waals surface area contributed by atoms with E-state index in [1.165, 1.54) is 0 Å². The smallest absolute Gasteiger partial charge is 1.00 e. The fourth-order valence-corrected chi connectivity index (χ4v) is 5.58. The van der Waals surface area contributed by atoms with Gasteiger partial charge >= 0.3 is 19.8 Å². The summed E-state index contributed by atoms with van der Waals surface area (Å²) in [6, 6.07) is 5.69. The number of fused-ring (bicyclic) bond motifs is 8. The van der Waals surface area contributed by atoms with Crippen molar-refractivity contribution in [3.05, 3.63) is 82.6 Å². The van der Waals surface area contributed by atoms with E-state index in [1.54, 1.807) is 12.2 Å². The van der Waals surface area contributed by atoms with Crippen LogP contribution in [0.5, 0.6) is 0 Å². The van der Waals surface area contributed by atoms with Gasteiger partial charge in [0.05, 0.1) is 17.1 Å². The van der Waals surface area contributed by atoms with Crippen molar-refractivity contribution in [3.63, 3.8) is 0 Å². The van der Waals surface area contributed by atoms with Crippen LogP contribution in [0.1, 0.15) is 78.3 Å². The van der Waals surface area contributed by atoms with Crippen LogP contribution >= 0.6 is 0 Å². The van der Waals surface area contributed by atoms with Crippen molar-refractivity contribution in [2.45, 2.75) is 53.4 Å². The largest absolute Gasteiger partial charge is 3.00 e. The number of aromatic nitrogens is 5. The van der Waals surface area contributed by atoms with E-state index in [0.29, 0.717) is 34.1 Å². The van der Waals surface area contributed by atoms with Crippen molar-refractivity contribution in [2.75, 3.05) is 0 Å². The molecular formula is C33H31ClGaN5O4. The molecule has 9 nitrogen and oxygen atoms in total. The second kappa shape index (κ2) is 13.7. The number of carbonyl (C=O) groups is 2. The van der Waals surface area contributed by atoms with Gasteiger partial charge in [0, 0.05) is 45.2 Å². The number of carboxylic acid groups (broad SMARTS) is 2. The van der Waals surface area contributed by atoms with Crippen molar-refractivity contribution in [3.8, 4) is 0 Å². The van der Waals surface area contributed by atoms with Crippen LogP contribution in [0.2, 0.25) is 0 Å². The summed E-state index contributed by atoms with van der Waals surface area (Å²) in [5, 5.41) is 22.8. The van der Waals surface area contributed by atoms with Gasteiger partial charge in [-0.3, -0.25) is 0 Å². The van der Waals surface area contributed by atoms with Gasteiger partial charge in [0.2, 0.25) is 0 Å². The maximum atomic E-state index is 11.4. The molecule has 0 unspecified atom stereocenters. The number of hydrogen-bond donors (Lipinski definition) is 2. The van der Waals surface area contributed by atoms with Crippen molar-refractivity contribution < 1.29 is 32.2 Å². The normalized spacial score (nSPS) is 12.5. The van der Waals surface area contributed by atoms with Crippen LogP contribution in [0.15, 0.2) is 37.4 Å². The number of halogens is 1. The van der Waals surface area contributed by atoms with Crippen molar-refractivity contribution in [1.82, 2.24) is 24.9 Å². The Morgan fingerprint density at radius 2 is 1.39 bits per heavy atom. The molecule has 0 radical (unpaired) electrons. The number of aromatic amines is 2. The molecule has 0 spiro atoms. The number of H-pyrrole nitrogens is 2. The fourth-order valence-electron chi connectivity index (χ4n) is 5.58. The van der Waals surface area contributed by atoms with Crippen molar-refractivity contribution in [2.24, 2.45) is 0 Å². The second-order valence-electron chi connectivity index (χ2n) is 10.5. The molecule has 5 rings (SSSR count). The first-order chi connectivity index (χ1) is 20.0. The number of nitrogens with one attached hydrogen (secondary N) is 2. The van der Waals surface area contributed by atoms with E-state index in [0.717, 1.165) is 55.6 Å². The summed E-state index contributed by atoms with van der Waals surface area (Å²) in [5.74, 6) is -1.75. The Bertz CT molecular complexity index is 1930. The van der Waals surface area contributed by atoms with Crippen LogP contribution in [0.3, 0.4) is 0 Å². The molecule has 0 amide bonds. The molecule has 2 N–H and O–H groups in total. The van der Waals surface area contributed by atoms with Gasteiger partial charge in [-0.1, -0.05) is 25.3 Å². The topological polar surface area (TPSA) is 151 Å². The first-order valence-electron chi connectivity index (χ1n) is 13.7. The summed E-state index contributed by atoms with van der Waals surface area (Å²) < 4.78 is 0. The van der Waals surface area contributed by atoms with Crippen molar-refractivity contribution >= 4 is 82.3 Å². The van der Waals surface area contributed by atoms with Gasteiger partial charge in [-0.05, 0) is 99.4 Å². The van der Waals surface area contributed by atoms with Crippen LogP contribution in [-0.2, 0) is 16.0 Å². The molecular weight excluding hydrogens is 636 g/mol. The Kier molecular flexibility index (Phi) is 10.7. The predicted octanol–water partition coefficient (Wildman–Crippen LogP) is 0.853. The molecule has 8 bridgehead atoms. The van der Waals surface area contributed by atoms with Gasteiger partial charge in [-0.15, -0.1) is 0 Å². The third-order valence-electron chi connectivity index (χ3n) is 8.02. The molecule has 2 aliphatic rings. The minimum atomic E-state index is -1.15. The molecule has 0 aliphatic carbocycles. The molecule has 44 heavy (non-hydrogen) atoms. The zero-order valence-electron chi connectivity index (χ0n) is 25.1. The Hall–Kier alpha value is -4.12. The minimum Gasteiger partial charge on any atom is -1.00 e. The van der Waals surface area contributed by atoms with Gasteiger partial charge in [0.15, 0.2) is 5.82 Å². The number of carboxylic acids is 2. The summed E-state index contributed by atoms with van der Waals surface area (Å²) in [7, 11) is 0. The standard InChI is InChI=1S/C33H33N5O4.ClH.Ga/c1-7-20-19(6)32-37-27(20)14-25-18(5)23(10-12-31(41)42)29(35-25)15-28-22(9-11-30(39)40)17(4)24(34-28)13-26-16(3)21(8-2)33(36-26)38-32;;/h7-8,13-15,35H,1-2,9-12H2,3-6H3,(H,39,40)(H,41,42)(H,36,37,38);1H;/q;;+3/p-3. The fraction of sp³-hybridized carbons (Fsp3) is 0.242. The van der Waals surface area contributed by atoms with Crippen LogP contribution in [0.25, 0.3) is 50.6 Å². The van der Waals surface area contributed by atoms with E-state index in [1.807, 2.05) is 45.9 Å². The van der Waals surface area contributed by atoms with Gasteiger partial charge in [-0.2, -0.15) is 0 Å². The van der Waals surface area contributed by atoms with E-state index in [9.17, 15) is 19.8 Å². The molecule has 0 fully saturated rings. The summed E-state index contributed by atoms with van der Waals surface area (Å²) in [5.41, 5.74) is 11.6. The van der Waals surface area contributed by atoms with Crippen LogP contribution in [0, 0.1) is 13.8 Å². The summed E-state index contributed by atoms with van der Waals surface area (Å²) in [6.07, 6.45) is 3.67. The molecule has 0 aromatic carbocycles. The molecule has 5 heterocycles. The molecule has 222 valence electrons. The zero-order chi connectivity index (χ0) is 30.3. The zero-order valence-corrected chi connectivity index (χ0v) is 28.2. The number of allylic oxidation sites excluding steroid dienone is 5. The molecule has 0 saturated heterocycles. The number of rotatable bonds is 8. The Morgan fingerprint density at radius 1 is 0.773 bits per heavy atom. The average Bonchev–Trinajstić information content (AvgIpc) is 3.59. The number of carbonyl (C=O) groups excluding carboxylic acids is 2. The van der Waals surface area contributed by atoms with E-state index in [2.05, 4.69) is 23.1 Å². The SMILES string of the molecule is C=CC1=C(C)c2nc1cc1[nH]c(cc3nc(cc4[nH]c(n2)c(C=C)c4C)C(C)=C3CCC(=O)[O-])c(CCC(=O)[O-])c1C.[Cl-].[Ga+3]. The Balaban J connectivity index is 0.00000264. The number of hydrogen-bond acceptors (Lipinski definition) is 7. The molecule has 3 aromatic heterocycles. The van der Waals surface area contributed by atoms with E-state index in [4.69, 9.17) is 15.0 Å². The van der Waals surface area contributed by atoms with E-state index in [-0.39, 0.29) is 57.9 Å². The predicted molar refractivity (Wildman–Crippen MR) is 167 cm³/mol. The first-order valence-corrected chi connectivity index (χ1v) is 13.7. The quantitative estimate of drug-likeness (QED) is 0.339. The molecule has 11 heteroatoms. The van der Waals surface area contributed by atoms with Crippen molar-refractivity contribution in [1.29, 1.82) is 0 Å².